The molecule has 0 radical (unpaired) electrons. The number of benzene rings is 1. The number of furan rings is 1. The van der Waals surface area contributed by atoms with Gasteiger partial charge in [0.1, 0.15) is 11.5 Å². The molecule has 0 spiro atoms. The van der Waals surface area contributed by atoms with E-state index in [0.717, 1.165) is 0 Å². The van der Waals surface area contributed by atoms with Crippen molar-refractivity contribution in [2.75, 3.05) is 28.4 Å². The van der Waals surface area contributed by atoms with E-state index in [9.17, 15) is 9.90 Å². The molecule has 3 rings (SSSR count). The van der Waals surface area contributed by atoms with E-state index < -0.39 is 5.92 Å². The quantitative estimate of drug-likeness (QED) is 0.772. The van der Waals surface area contributed by atoms with Gasteiger partial charge in [0.15, 0.2) is 28.6 Å². The lowest BCUT2D eigenvalue weighted by atomic mass is 9.88. The largest absolute Gasteiger partial charge is 0.502 e. The minimum atomic E-state index is -0.516. The van der Waals surface area contributed by atoms with Crippen LogP contribution in [0.5, 0.6) is 11.5 Å². The summed E-state index contributed by atoms with van der Waals surface area (Å²) in [5, 5.41) is 10.8. The van der Waals surface area contributed by atoms with Crippen LogP contribution in [0.2, 0.25) is 0 Å². The summed E-state index contributed by atoms with van der Waals surface area (Å²) in [5.74, 6) is 1.34. The highest BCUT2D eigenvalue weighted by Gasteiger charge is 2.33. The molecule has 1 heterocycles. The lowest BCUT2D eigenvalue weighted by Gasteiger charge is -2.23. The Hall–Kier alpha value is -3.09. The molecule has 1 aromatic heterocycles. The van der Waals surface area contributed by atoms with Crippen molar-refractivity contribution in [3.8, 4) is 11.5 Å². The van der Waals surface area contributed by atoms with Gasteiger partial charge in [0, 0.05) is 11.8 Å². The summed E-state index contributed by atoms with van der Waals surface area (Å²) < 4.78 is 26.9. The van der Waals surface area contributed by atoms with Crippen LogP contribution >= 0.6 is 0 Å². The number of phenols is 1. The maximum Gasteiger partial charge on any atom is 0.202 e. The Balaban J connectivity index is 2.07. The van der Waals surface area contributed by atoms with Crippen molar-refractivity contribution in [1.29, 1.82) is 0 Å². The van der Waals surface area contributed by atoms with Gasteiger partial charge in [0.05, 0.1) is 39.9 Å². The lowest BCUT2D eigenvalue weighted by molar-refractivity contribution is 0.0914. The molecule has 0 saturated heterocycles. The van der Waals surface area contributed by atoms with Gasteiger partial charge in [-0.15, -0.1) is 0 Å². The summed E-state index contributed by atoms with van der Waals surface area (Å²) in [6, 6.07) is 3.30. The smallest absolute Gasteiger partial charge is 0.202 e. The molecule has 1 unspecified atom stereocenters. The molecular formula is C20H22O7. The Morgan fingerprint density at radius 3 is 2.44 bits per heavy atom. The fourth-order valence-electron chi connectivity index (χ4n) is 3.37. The van der Waals surface area contributed by atoms with E-state index in [1.807, 2.05) is 0 Å². The molecule has 0 saturated carbocycles. The normalized spacial score (nSPS) is 16.9. The predicted octanol–water partition coefficient (Wildman–Crippen LogP) is 3.69. The lowest BCUT2D eigenvalue weighted by Crippen LogP contribution is -2.21. The van der Waals surface area contributed by atoms with Crippen molar-refractivity contribution in [3.63, 3.8) is 0 Å². The third-order valence-electron chi connectivity index (χ3n) is 4.68. The average molecular weight is 374 g/mol. The second-order valence-electron chi connectivity index (χ2n) is 6.10. The van der Waals surface area contributed by atoms with Crippen molar-refractivity contribution in [3.05, 3.63) is 46.8 Å². The van der Waals surface area contributed by atoms with Crippen molar-refractivity contribution in [1.82, 2.24) is 0 Å². The molecule has 27 heavy (non-hydrogen) atoms. The van der Waals surface area contributed by atoms with Crippen molar-refractivity contribution in [2.24, 2.45) is 5.92 Å². The molecule has 0 aliphatic heterocycles. The predicted molar refractivity (Wildman–Crippen MR) is 97.7 cm³/mol. The number of aryl methyl sites for hydroxylation is 1. The van der Waals surface area contributed by atoms with E-state index in [2.05, 4.69) is 0 Å². The first-order valence-corrected chi connectivity index (χ1v) is 8.37. The minimum Gasteiger partial charge on any atom is -0.502 e. The Morgan fingerprint density at radius 1 is 1.11 bits per heavy atom. The van der Waals surface area contributed by atoms with E-state index >= 15 is 0 Å². The zero-order valence-corrected chi connectivity index (χ0v) is 15.9. The fourth-order valence-corrected chi connectivity index (χ4v) is 3.37. The average Bonchev–Trinajstić information content (AvgIpc) is 3.03. The van der Waals surface area contributed by atoms with E-state index in [4.69, 9.17) is 23.4 Å². The van der Waals surface area contributed by atoms with E-state index in [-0.39, 0.29) is 22.9 Å². The molecule has 7 nitrogen and oxygen atoms in total. The van der Waals surface area contributed by atoms with Crippen LogP contribution in [0.4, 0.5) is 0 Å². The molecule has 2 aromatic rings. The van der Waals surface area contributed by atoms with Crippen LogP contribution in [0.3, 0.4) is 0 Å². The molecule has 1 atom stereocenters. The van der Waals surface area contributed by atoms with Crippen LogP contribution < -0.4 is 4.74 Å². The van der Waals surface area contributed by atoms with Crippen molar-refractivity contribution in [2.45, 2.75) is 13.3 Å². The summed E-state index contributed by atoms with van der Waals surface area (Å²) in [6.45, 7) is 1.69. The second kappa shape index (κ2) is 7.26. The van der Waals surface area contributed by atoms with Crippen LogP contribution in [-0.4, -0.2) is 39.3 Å². The van der Waals surface area contributed by atoms with Crippen LogP contribution in [0.1, 0.15) is 22.5 Å². The number of ketones is 1. The SMILES string of the molecule is COC1=CC(C(=O)c2c(C)oc3c(O)c(OC)ccc23)CC(OC)=C1OC. The highest BCUT2D eigenvalue weighted by Crippen LogP contribution is 2.40. The van der Waals surface area contributed by atoms with E-state index in [1.54, 1.807) is 25.1 Å². The number of carbonyl (C=O) groups is 1. The van der Waals surface area contributed by atoms with Gasteiger partial charge in [-0.25, -0.2) is 0 Å². The summed E-state index contributed by atoms with van der Waals surface area (Å²) >= 11 is 0. The second-order valence-corrected chi connectivity index (χ2v) is 6.10. The molecule has 0 bridgehead atoms. The monoisotopic (exact) mass is 374 g/mol. The number of hydrogen-bond donors (Lipinski definition) is 1. The van der Waals surface area contributed by atoms with E-state index in [0.29, 0.717) is 40.4 Å². The van der Waals surface area contributed by atoms with Crippen LogP contribution in [0, 0.1) is 12.8 Å². The van der Waals surface area contributed by atoms with Gasteiger partial charge in [0.25, 0.3) is 0 Å². The number of allylic oxidation sites excluding steroid dienone is 2. The van der Waals surface area contributed by atoms with E-state index in [1.165, 1.54) is 28.4 Å². The highest BCUT2D eigenvalue weighted by atomic mass is 16.5. The number of phenolic OH excluding ortho intramolecular Hbond substituents is 1. The molecule has 144 valence electrons. The van der Waals surface area contributed by atoms with Crippen molar-refractivity contribution >= 4 is 16.8 Å². The number of hydrogen-bond acceptors (Lipinski definition) is 7. The van der Waals surface area contributed by atoms with Crippen LogP contribution in [0.15, 0.2) is 39.9 Å². The number of ether oxygens (including phenoxy) is 4. The van der Waals surface area contributed by atoms with Gasteiger partial charge in [0.2, 0.25) is 5.75 Å². The Bertz CT molecular complexity index is 949. The first-order chi connectivity index (χ1) is 13.0. The highest BCUT2D eigenvalue weighted by molar-refractivity contribution is 6.11. The Labute approximate surface area is 156 Å². The standard InChI is InChI=1S/C20H22O7/c1-10-16(12-6-7-13(23-2)18(22)19(12)27-10)17(21)11-8-14(24-3)20(26-5)15(9-11)25-4/h6-8,11,22H,9H2,1-5H3. The number of rotatable bonds is 6. The Morgan fingerprint density at radius 2 is 1.85 bits per heavy atom. The van der Waals surface area contributed by atoms with Crippen LogP contribution in [-0.2, 0) is 14.2 Å². The zero-order valence-electron chi connectivity index (χ0n) is 15.9. The van der Waals surface area contributed by atoms with Crippen molar-refractivity contribution < 1.29 is 33.3 Å². The maximum atomic E-state index is 13.3. The topological polar surface area (TPSA) is 87.4 Å². The first-order valence-electron chi connectivity index (χ1n) is 8.37. The maximum absolute atomic E-state index is 13.3. The molecular weight excluding hydrogens is 352 g/mol. The molecule has 1 aliphatic rings. The van der Waals surface area contributed by atoms with Gasteiger partial charge < -0.3 is 28.5 Å². The number of carbonyl (C=O) groups excluding carboxylic acids is 1. The number of methoxy groups -OCH3 is 4. The third-order valence-corrected chi connectivity index (χ3v) is 4.68. The van der Waals surface area contributed by atoms with Gasteiger partial charge in [-0.05, 0) is 25.1 Å². The molecule has 7 heteroatoms. The Kier molecular flexibility index (Phi) is 5.03. The number of fused-ring (bicyclic) bond motifs is 1. The zero-order chi connectivity index (χ0) is 19.7. The number of aromatic hydroxyl groups is 1. The third kappa shape index (κ3) is 2.99. The molecule has 1 aromatic carbocycles. The number of Topliss-reactive ketones (excluding diaryl/α,β-unsaturated/α-hetero) is 1. The van der Waals surface area contributed by atoms with Crippen LogP contribution in [0.25, 0.3) is 11.0 Å². The summed E-state index contributed by atoms with van der Waals surface area (Å²) in [6.07, 6.45) is 2.05. The van der Waals surface area contributed by atoms with Gasteiger partial charge in [-0.2, -0.15) is 0 Å². The van der Waals surface area contributed by atoms with Gasteiger partial charge >= 0.3 is 0 Å². The summed E-state index contributed by atoms with van der Waals surface area (Å²) in [5.41, 5.74) is 0.637. The minimum absolute atomic E-state index is 0.131. The molecule has 0 amide bonds. The molecule has 1 aliphatic carbocycles. The molecule has 1 N–H and O–H groups in total. The first kappa shape index (κ1) is 18.7. The van der Waals surface area contributed by atoms with Gasteiger partial charge in [-0.3, -0.25) is 4.79 Å². The van der Waals surface area contributed by atoms with Gasteiger partial charge in [-0.1, -0.05) is 0 Å². The summed E-state index contributed by atoms with van der Waals surface area (Å²) in [4.78, 5) is 13.3. The fraction of sp³-hybridized carbons (Fsp3) is 0.350. The molecule has 0 fully saturated rings. The summed E-state index contributed by atoms with van der Waals surface area (Å²) in [7, 11) is 6.01.